The topological polar surface area (TPSA) is 105 Å². The number of H-pyrrole nitrogens is 1. The molecular weight excluding hydrogens is 436 g/mol. The monoisotopic (exact) mass is 456 g/mol. The third kappa shape index (κ3) is 4.67. The molecule has 3 aromatic rings. The van der Waals surface area contributed by atoms with Crippen LogP contribution in [0.1, 0.15) is 0 Å². The Kier molecular flexibility index (Phi) is 6.27. The molecule has 1 aromatic heterocycles. The average Bonchev–Trinajstić information content (AvgIpc) is 2.81. The Bertz CT molecular complexity index is 1280. The first kappa shape index (κ1) is 21.6. The number of hydrogen-bond acceptors (Lipinski definition) is 6. The number of nitrogens with zero attached hydrogens (tertiary/aromatic N) is 3. The second kappa shape index (κ2) is 9.27. The maximum absolute atomic E-state index is 12.5. The first-order chi connectivity index (χ1) is 15.4. The molecule has 0 atom stereocenters. The number of aromatic nitrogens is 2. The first-order valence-electron chi connectivity index (χ1n) is 10.1. The fourth-order valence-corrected chi connectivity index (χ4v) is 3.84. The van der Waals surface area contributed by atoms with Crippen LogP contribution in [0.3, 0.4) is 0 Å². The maximum atomic E-state index is 12.5. The molecule has 1 fully saturated rings. The maximum Gasteiger partial charge on any atom is 0.328 e. The summed E-state index contributed by atoms with van der Waals surface area (Å²) in [5, 5.41) is 3.47. The van der Waals surface area contributed by atoms with Gasteiger partial charge in [-0.25, -0.2) is 4.68 Å². The zero-order valence-corrected chi connectivity index (χ0v) is 17.9. The Morgan fingerprint density at radius 3 is 2.41 bits per heavy atom. The zero-order valence-electron chi connectivity index (χ0n) is 17.1. The van der Waals surface area contributed by atoms with E-state index in [0.717, 1.165) is 10.4 Å². The number of carbonyl (C=O) groups is 2. The van der Waals surface area contributed by atoms with Gasteiger partial charge in [-0.15, -0.1) is 0 Å². The number of esters is 1. The molecule has 0 saturated carbocycles. The van der Waals surface area contributed by atoms with Gasteiger partial charge in [-0.2, -0.15) is 0 Å². The molecule has 0 aliphatic carbocycles. The molecule has 0 unspecified atom stereocenters. The van der Waals surface area contributed by atoms with Crippen molar-refractivity contribution >= 4 is 39.9 Å². The molecule has 9 nitrogen and oxygen atoms in total. The molecule has 0 spiro atoms. The first-order valence-corrected chi connectivity index (χ1v) is 10.5. The van der Waals surface area contributed by atoms with E-state index in [2.05, 4.69) is 10.00 Å². The number of anilines is 1. The molecule has 4 rings (SSSR count). The minimum atomic E-state index is -0.788. The number of ether oxygens (including phenoxy) is 1. The van der Waals surface area contributed by atoms with Crippen molar-refractivity contribution in [3.8, 4) is 0 Å². The number of piperazine rings is 1. The van der Waals surface area contributed by atoms with E-state index < -0.39 is 30.2 Å². The van der Waals surface area contributed by atoms with Crippen molar-refractivity contribution in [2.45, 2.75) is 6.54 Å². The Balaban J connectivity index is 1.31. The van der Waals surface area contributed by atoms with Gasteiger partial charge in [-0.3, -0.25) is 24.3 Å². The summed E-state index contributed by atoms with van der Waals surface area (Å²) >= 11 is 6.04. The van der Waals surface area contributed by atoms with Gasteiger partial charge < -0.3 is 14.5 Å². The van der Waals surface area contributed by atoms with Crippen LogP contribution in [-0.4, -0.2) is 59.3 Å². The minimum Gasteiger partial charge on any atom is -0.454 e. The summed E-state index contributed by atoms with van der Waals surface area (Å²) < 4.78 is 5.94. The van der Waals surface area contributed by atoms with Gasteiger partial charge in [0.25, 0.3) is 17.0 Å². The minimum absolute atomic E-state index is 0.206. The van der Waals surface area contributed by atoms with Gasteiger partial charge in [0, 0.05) is 36.9 Å². The Labute approximate surface area is 187 Å². The van der Waals surface area contributed by atoms with E-state index in [1.165, 1.54) is 12.1 Å². The summed E-state index contributed by atoms with van der Waals surface area (Å²) in [5.41, 5.74) is -0.00638. The molecule has 32 heavy (non-hydrogen) atoms. The Morgan fingerprint density at radius 2 is 1.69 bits per heavy atom. The molecule has 0 radical (unpaired) electrons. The molecular formula is C22H21ClN4O5. The van der Waals surface area contributed by atoms with E-state index in [1.807, 2.05) is 18.2 Å². The lowest BCUT2D eigenvalue weighted by atomic mass is 10.2. The lowest BCUT2D eigenvalue weighted by Crippen LogP contribution is -2.50. The standard InChI is InChI=1S/C22H21ClN4O5/c23-15-4-3-5-16(12-15)25-8-10-26(11-9-25)19(28)14-32-20(29)13-27-22(31)18-7-2-1-6-17(18)21(30)24-27/h1-7,12H,8-11,13-14H2,(H,24,30). The quantitative estimate of drug-likeness (QED) is 0.579. The summed E-state index contributed by atoms with van der Waals surface area (Å²) in [5.74, 6) is -1.10. The highest BCUT2D eigenvalue weighted by Crippen LogP contribution is 2.20. The molecule has 1 aliphatic heterocycles. The second-order valence-electron chi connectivity index (χ2n) is 7.39. The normalized spacial score (nSPS) is 13.9. The summed E-state index contributed by atoms with van der Waals surface area (Å²) in [4.78, 5) is 52.9. The van der Waals surface area contributed by atoms with Crippen LogP contribution >= 0.6 is 11.6 Å². The lowest BCUT2D eigenvalue weighted by molar-refractivity contribution is -0.152. The molecule has 2 aromatic carbocycles. The lowest BCUT2D eigenvalue weighted by Gasteiger charge is -2.36. The Morgan fingerprint density at radius 1 is 0.969 bits per heavy atom. The number of aromatic amines is 1. The zero-order chi connectivity index (χ0) is 22.7. The van der Waals surface area contributed by atoms with E-state index >= 15 is 0 Å². The largest absolute Gasteiger partial charge is 0.454 e. The number of amides is 1. The number of hydrogen-bond donors (Lipinski definition) is 1. The highest BCUT2D eigenvalue weighted by molar-refractivity contribution is 6.30. The smallest absolute Gasteiger partial charge is 0.328 e. The third-order valence-corrected chi connectivity index (χ3v) is 5.57. The van der Waals surface area contributed by atoms with Gasteiger partial charge in [0.05, 0.1) is 10.8 Å². The molecule has 1 amide bonds. The van der Waals surface area contributed by atoms with Crippen molar-refractivity contribution in [3.63, 3.8) is 0 Å². The van der Waals surface area contributed by atoms with E-state index in [9.17, 15) is 19.2 Å². The van der Waals surface area contributed by atoms with Crippen LogP contribution in [0.15, 0.2) is 58.1 Å². The average molecular weight is 457 g/mol. The summed E-state index contributed by atoms with van der Waals surface area (Å²) in [6.45, 7) is 1.32. The fourth-order valence-electron chi connectivity index (χ4n) is 3.65. The number of nitrogens with one attached hydrogen (secondary N) is 1. The second-order valence-corrected chi connectivity index (χ2v) is 7.82. The van der Waals surface area contributed by atoms with Gasteiger partial charge >= 0.3 is 5.97 Å². The fraction of sp³-hybridized carbons (Fsp3) is 0.273. The highest BCUT2D eigenvalue weighted by Gasteiger charge is 2.22. The highest BCUT2D eigenvalue weighted by atomic mass is 35.5. The number of fused-ring (bicyclic) bond motifs is 1. The van der Waals surface area contributed by atoms with Crippen LogP contribution in [0, 0.1) is 0 Å². The van der Waals surface area contributed by atoms with Crippen LogP contribution in [0.25, 0.3) is 10.8 Å². The molecule has 10 heteroatoms. The van der Waals surface area contributed by atoms with Crippen molar-refractivity contribution in [2.24, 2.45) is 0 Å². The molecule has 166 valence electrons. The molecule has 2 heterocycles. The Hall–Kier alpha value is -3.59. The van der Waals surface area contributed by atoms with E-state index in [-0.39, 0.29) is 16.7 Å². The predicted octanol–water partition coefficient (Wildman–Crippen LogP) is 1.24. The molecule has 0 bridgehead atoms. The van der Waals surface area contributed by atoms with Crippen molar-refractivity contribution in [3.05, 3.63) is 74.3 Å². The van der Waals surface area contributed by atoms with Gasteiger partial charge in [0.2, 0.25) is 0 Å². The number of rotatable bonds is 5. The molecule has 1 aliphatic rings. The number of benzene rings is 2. The van der Waals surface area contributed by atoms with Crippen molar-refractivity contribution < 1.29 is 14.3 Å². The van der Waals surface area contributed by atoms with E-state index in [1.54, 1.807) is 23.1 Å². The van der Waals surface area contributed by atoms with E-state index in [4.69, 9.17) is 16.3 Å². The van der Waals surface area contributed by atoms with Crippen LogP contribution < -0.4 is 16.0 Å². The van der Waals surface area contributed by atoms with Crippen LogP contribution in [0.5, 0.6) is 0 Å². The van der Waals surface area contributed by atoms with Gasteiger partial charge in [-0.05, 0) is 30.3 Å². The SMILES string of the molecule is O=C(Cn1[nH]c(=O)c2ccccc2c1=O)OCC(=O)N1CCN(c2cccc(Cl)c2)CC1. The van der Waals surface area contributed by atoms with E-state index in [0.29, 0.717) is 31.2 Å². The van der Waals surface area contributed by atoms with Crippen LogP contribution in [-0.2, 0) is 20.9 Å². The van der Waals surface area contributed by atoms with Crippen LogP contribution in [0.2, 0.25) is 5.02 Å². The number of carbonyl (C=O) groups excluding carboxylic acids is 2. The number of halogens is 1. The van der Waals surface area contributed by atoms with Crippen LogP contribution in [0.4, 0.5) is 5.69 Å². The van der Waals surface area contributed by atoms with Crippen molar-refractivity contribution in [1.29, 1.82) is 0 Å². The van der Waals surface area contributed by atoms with Gasteiger partial charge in [0.15, 0.2) is 6.61 Å². The molecule has 1 N–H and O–H groups in total. The summed E-state index contributed by atoms with van der Waals surface area (Å²) in [7, 11) is 0. The van der Waals surface area contributed by atoms with Gasteiger partial charge in [-0.1, -0.05) is 29.8 Å². The van der Waals surface area contributed by atoms with Gasteiger partial charge in [0.1, 0.15) is 6.54 Å². The third-order valence-electron chi connectivity index (χ3n) is 5.33. The molecule has 1 saturated heterocycles. The predicted molar refractivity (Wildman–Crippen MR) is 120 cm³/mol. The summed E-state index contributed by atoms with van der Waals surface area (Å²) in [6, 6.07) is 13.9. The van der Waals surface area contributed by atoms with Crippen molar-refractivity contribution in [1.82, 2.24) is 14.7 Å². The van der Waals surface area contributed by atoms with Crippen molar-refractivity contribution in [2.75, 3.05) is 37.7 Å². The summed E-state index contributed by atoms with van der Waals surface area (Å²) in [6.07, 6.45) is 0.